The summed E-state index contributed by atoms with van der Waals surface area (Å²) in [5.74, 6) is -0.773. The first kappa shape index (κ1) is 11.8. The number of methoxy groups -OCH3 is 1. The third-order valence-corrected chi connectivity index (χ3v) is 2.71. The largest absolute Gasteiger partial charge is 0.387 e. The van der Waals surface area contributed by atoms with Gasteiger partial charge < -0.3 is 19.7 Å². The molecule has 0 aromatic carbocycles. The van der Waals surface area contributed by atoms with Crippen LogP contribution in [0.5, 0.6) is 0 Å². The minimum Gasteiger partial charge on any atom is -0.387 e. The smallest absolute Gasteiger partial charge is 0.267 e. The van der Waals surface area contributed by atoms with Crippen LogP contribution < -0.4 is 0 Å². The van der Waals surface area contributed by atoms with Gasteiger partial charge in [-0.05, 0) is 0 Å². The lowest BCUT2D eigenvalue weighted by molar-refractivity contribution is -0.132. The van der Waals surface area contributed by atoms with Crippen LogP contribution in [0.1, 0.15) is 0 Å². The highest BCUT2D eigenvalue weighted by Gasteiger charge is 2.44. The quantitative estimate of drug-likeness (QED) is 0.477. The van der Waals surface area contributed by atoms with Crippen molar-refractivity contribution in [3.05, 3.63) is 0 Å². The molecule has 1 heterocycles. The van der Waals surface area contributed by atoms with E-state index in [0.717, 1.165) is 0 Å². The molecular formula is C6H12O7S. The maximum Gasteiger partial charge on any atom is 0.267 e. The molecule has 3 N–H and O–H groups in total. The number of rotatable bonds is 3. The zero-order chi connectivity index (χ0) is 10.9. The minimum atomic E-state index is -4.25. The molecule has 1 rings (SSSR count). The van der Waals surface area contributed by atoms with Crippen molar-refractivity contribution in [2.45, 2.75) is 24.6 Å². The van der Waals surface area contributed by atoms with Gasteiger partial charge in [-0.15, -0.1) is 0 Å². The Morgan fingerprint density at radius 3 is 2.36 bits per heavy atom. The number of aliphatic hydroxyl groups is 2. The average molecular weight is 228 g/mol. The summed E-state index contributed by atoms with van der Waals surface area (Å²) in [4.78, 5) is 0. The van der Waals surface area contributed by atoms with Crippen LogP contribution in [-0.2, 0) is 19.6 Å². The van der Waals surface area contributed by atoms with Crippen LogP contribution in [0.3, 0.4) is 0 Å². The number of hydrogen-bond acceptors (Lipinski definition) is 6. The van der Waals surface area contributed by atoms with Gasteiger partial charge in [0.05, 0.1) is 0 Å². The number of aliphatic hydroxyl groups excluding tert-OH is 2. The molecule has 1 aliphatic heterocycles. The monoisotopic (exact) mass is 228 g/mol. The lowest BCUT2D eigenvalue weighted by Crippen LogP contribution is -2.36. The van der Waals surface area contributed by atoms with E-state index in [1.54, 1.807) is 0 Å². The van der Waals surface area contributed by atoms with E-state index in [0.29, 0.717) is 0 Å². The first-order valence-corrected chi connectivity index (χ1v) is 5.45. The first-order valence-electron chi connectivity index (χ1n) is 3.84. The highest BCUT2D eigenvalue weighted by molar-refractivity contribution is 7.85. The molecule has 0 aromatic rings. The zero-order valence-electron chi connectivity index (χ0n) is 7.40. The average Bonchev–Trinajstić information content (AvgIpc) is 2.24. The van der Waals surface area contributed by atoms with E-state index in [2.05, 4.69) is 4.74 Å². The van der Waals surface area contributed by atoms with Crippen molar-refractivity contribution in [1.82, 2.24) is 0 Å². The lowest BCUT2D eigenvalue weighted by Gasteiger charge is -2.14. The molecule has 0 aliphatic carbocycles. The Hall–Kier alpha value is -0.250. The van der Waals surface area contributed by atoms with Gasteiger partial charge in [0.15, 0.2) is 6.29 Å². The molecule has 4 atom stereocenters. The molecule has 84 valence electrons. The Morgan fingerprint density at radius 2 is 2.00 bits per heavy atom. The Bertz CT molecular complexity index is 287. The minimum absolute atomic E-state index is 0.773. The molecule has 0 saturated carbocycles. The van der Waals surface area contributed by atoms with Gasteiger partial charge in [-0.3, -0.25) is 4.55 Å². The van der Waals surface area contributed by atoms with Gasteiger partial charge in [0, 0.05) is 7.11 Å². The standard InChI is InChI=1S/C6H12O7S/c1-12-5-4(7)3(13-6(5)8)2-14(9,10)11/h3-8H,2H2,1H3,(H,9,10,11). The Kier molecular flexibility index (Phi) is 3.45. The van der Waals surface area contributed by atoms with E-state index in [-0.39, 0.29) is 0 Å². The molecule has 0 bridgehead atoms. The highest BCUT2D eigenvalue weighted by Crippen LogP contribution is 2.22. The van der Waals surface area contributed by atoms with Crippen LogP contribution in [0.25, 0.3) is 0 Å². The fraction of sp³-hybridized carbons (Fsp3) is 1.00. The van der Waals surface area contributed by atoms with Crippen LogP contribution in [-0.4, -0.2) is 60.6 Å². The lowest BCUT2D eigenvalue weighted by atomic mass is 10.1. The number of hydrogen-bond donors (Lipinski definition) is 3. The molecule has 0 radical (unpaired) electrons. The van der Waals surface area contributed by atoms with Gasteiger partial charge in [-0.1, -0.05) is 0 Å². The van der Waals surface area contributed by atoms with Crippen LogP contribution in [0.15, 0.2) is 0 Å². The summed E-state index contributed by atoms with van der Waals surface area (Å²) >= 11 is 0. The van der Waals surface area contributed by atoms with E-state index in [4.69, 9.17) is 14.4 Å². The molecule has 4 unspecified atom stereocenters. The van der Waals surface area contributed by atoms with E-state index in [1.807, 2.05) is 0 Å². The zero-order valence-corrected chi connectivity index (χ0v) is 8.22. The van der Waals surface area contributed by atoms with Gasteiger partial charge >= 0.3 is 0 Å². The van der Waals surface area contributed by atoms with E-state index in [9.17, 15) is 13.5 Å². The van der Waals surface area contributed by atoms with Crippen molar-refractivity contribution in [3.63, 3.8) is 0 Å². The van der Waals surface area contributed by atoms with E-state index >= 15 is 0 Å². The summed E-state index contributed by atoms with van der Waals surface area (Å²) in [6.07, 6.45) is -4.84. The SMILES string of the molecule is COC1C(O)OC(CS(=O)(=O)O)C1O. The van der Waals surface area contributed by atoms with Crippen molar-refractivity contribution in [3.8, 4) is 0 Å². The topological polar surface area (TPSA) is 113 Å². The molecule has 8 heteroatoms. The van der Waals surface area contributed by atoms with Crippen molar-refractivity contribution in [2.24, 2.45) is 0 Å². The second-order valence-corrected chi connectivity index (χ2v) is 4.50. The van der Waals surface area contributed by atoms with E-state index in [1.165, 1.54) is 7.11 Å². The summed E-state index contributed by atoms with van der Waals surface area (Å²) in [7, 11) is -3.00. The van der Waals surface area contributed by atoms with Crippen LogP contribution >= 0.6 is 0 Å². The first-order chi connectivity index (χ1) is 6.35. The molecule has 0 spiro atoms. The Morgan fingerprint density at radius 1 is 1.43 bits per heavy atom. The second kappa shape index (κ2) is 4.09. The van der Waals surface area contributed by atoms with Gasteiger partial charge in [-0.2, -0.15) is 8.42 Å². The molecule has 1 aliphatic rings. The van der Waals surface area contributed by atoms with Gasteiger partial charge in [-0.25, -0.2) is 0 Å². The van der Waals surface area contributed by atoms with Gasteiger partial charge in [0.1, 0.15) is 24.1 Å². The summed E-state index contributed by atoms with van der Waals surface area (Å²) in [6, 6.07) is 0. The molecule has 7 nitrogen and oxygen atoms in total. The van der Waals surface area contributed by atoms with Crippen LogP contribution in [0.4, 0.5) is 0 Å². The molecular weight excluding hydrogens is 216 g/mol. The molecule has 14 heavy (non-hydrogen) atoms. The van der Waals surface area contributed by atoms with Gasteiger partial charge in [0.2, 0.25) is 0 Å². The Labute approximate surface area is 81.0 Å². The Balaban J connectivity index is 2.67. The van der Waals surface area contributed by atoms with Crippen LogP contribution in [0, 0.1) is 0 Å². The second-order valence-electron chi connectivity index (χ2n) is 3.00. The molecule has 1 fully saturated rings. The maximum atomic E-state index is 10.5. The van der Waals surface area contributed by atoms with Crippen molar-refractivity contribution >= 4 is 10.1 Å². The molecule has 0 amide bonds. The summed E-state index contributed by atoms with van der Waals surface area (Å²) in [5.41, 5.74) is 0. The predicted molar refractivity (Wildman–Crippen MR) is 44.1 cm³/mol. The van der Waals surface area contributed by atoms with Gasteiger partial charge in [0.25, 0.3) is 10.1 Å². The normalized spacial score (nSPS) is 38.9. The van der Waals surface area contributed by atoms with Crippen LogP contribution in [0.2, 0.25) is 0 Å². The van der Waals surface area contributed by atoms with Crippen molar-refractivity contribution in [1.29, 1.82) is 0 Å². The van der Waals surface area contributed by atoms with Crippen molar-refractivity contribution < 1.29 is 32.7 Å². The predicted octanol–water partition coefficient (Wildman–Crippen LogP) is -2.03. The highest BCUT2D eigenvalue weighted by atomic mass is 32.2. The summed E-state index contributed by atoms with van der Waals surface area (Å²) in [6.45, 7) is 0. The fourth-order valence-corrected chi connectivity index (χ4v) is 2.01. The summed E-state index contributed by atoms with van der Waals surface area (Å²) < 4.78 is 38.8. The summed E-state index contributed by atoms with van der Waals surface area (Å²) in [5, 5.41) is 18.5. The molecule has 0 aromatic heterocycles. The fourth-order valence-electron chi connectivity index (χ4n) is 1.32. The van der Waals surface area contributed by atoms with E-state index < -0.39 is 40.5 Å². The van der Waals surface area contributed by atoms with Crippen molar-refractivity contribution in [2.75, 3.05) is 12.9 Å². The number of ether oxygens (including phenoxy) is 2. The maximum absolute atomic E-state index is 10.5. The third kappa shape index (κ3) is 2.62. The third-order valence-electron chi connectivity index (χ3n) is 1.96. The molecule has 1 saturated heterocycles.